The number of nitrogens with zero attached hydrogens (tertiary/aromatic N) is 3. The fourth-order valence-corrected chi connectivity index (χ4v) is 3.38. The largest absolute Gasteiger partial charge is 0.348 e. The van der Waals surface area contributed by atoms with Crippen LogP contribution in [0.2, 0.25) is 5.15 Å². The molecule has 0 aliphatic carbocycles. The summed E-state index contributed by atoms with van der Waals surface area (Å²) >= 11 is 5.61. The summed E-state index contributed by atoms with van der Waals surface area (Å²) in [6.45, 7) is 2.48. The van der Waals surface area contributed by atoms with Crippen LogP contribution in [0, 0.1) is 0 Å². The quantitative estimate of drug-likeness (QED) is 0.875. The normalized spacial score (nSPS) is 17.6. The van der Waals surface area contributed by atoms with Crippen LogP contribution < -0.4 is 5.32 Å². The Morgan fingerprint density at radius 2 is 2.05 bits per heavy atom. The number of hydrogen-bond donors (Lipinski definition) is 1. The summed E-state index contributed by atoms with van der Waals surface area (Å²) < 4.78 is 25.0. The predicted octanol–water partition coefficient (Wildman–Crippen LogP) is 0.674. The third-order valence-corrected chi connectivity index (χ3v) is 5.48. The van der Waals surface area contributed by atoms with E-state index in [0.717, 1.165) is 0 Å². The van der Waals surface area contributed by atoms with Gasteiger partial charge in [-0.15, -0.1) is 0 Å². The fraction of sp³-hybridized carbons (Fsp3) is 0.583. The van der Waals surface area contributed by atoms with Crippen LogP contribution in [0.15, 0.2) is 12.4 Å². The highest BCUT2D eigenvalue weighted by Crippen LogP contribution is 2.15. The Labute approximate surface area is 128 Å². The van der Waals surface area contributed by atoms with Crippen molar-refractivity contribution in [3.8, 4) is 0 Å². The Morgan fingerprint density at radius 1 is 1.38 bits per heavy atom. The van der Waals surface area contributed by atoms with Crippen LogP contribution in [0.3, 0.4) is 0 Å². The Balaban J connectivity index is 1.89. The van der Waals surface area contributed by atoms with Gasteiger partial charge in [-0.25, -0.2) is 22.7 Å². The number of sulfonamides is 1. The molecule has 1 amide bonds. The summed E-state index contributed by atoms with van der Waals surface area (Å²) in [7, 11) is -3.15. The number of amides is 1. The Bertz CT molecular complexity index is 597. The molecule has 0 bridgehead atoms. The summed E-state index contributed by atoms with van der Waals surface area (Å²) in [5, 5.41) is 3.07. The number of carbonyl (C=O) groups is 1. The first-order chi connectivity index (χ1) is 9.92. The monoisotopic (exact) mass is 332 g/mol. The highest BCUT2D eigenvalue weighted by molar-refractivity contribution is 7.89. The second kappa shape index (κ2) is 6.67. The minimum absolute atomic E-state index is 0.0571. The van der Waals surface area contributed by atoms with E-state index in [9.17, 15) is 13.2 Å². The van der Waals surface area contributed by atoms with Crippen LogP contribution in [0.1, 0.15) is 30.3 Å². The number of rotatable bonds is 4. The van der Waals surface area contributed by atoms with E-state index in [1.54, 1.807) is 6.92 Å². The highest BCUT2D eigenvalue weighted by Gasteiger charge is 2.27. The van der Waals surface area contributed by atoms with E-state index < -0.39 is 10.0 Å². The van der Waals surface area contributed by atoms with Crippen molar-refractivity contribution in [2.24, 2.45) is 0 Å². The fourth-order valence-electron chi connectivity index (χ4n) is 2.15. The number of aromatic nitrogens is 2. The molecule has 0 unspecified atom stereocenters. The van der Waals surface area contributed by atoms with E-state index >= 15 is 0 Å². The maximum atomic E-state index is 12.0. The van der Waals surface area contributed by atoms with Crippen LogP contribution in [0.5, 0.6) is 0 Å². The molecule has 1 aliphatic heterocycles. The van der Waals surface area contributed by atoms with Gasteiger partial charge in [0.1, 0.15) is 10.8 Å². The molecule has 1 aromatic rings. The van der Waals surface area contributed by atoms with Crippen molar-refractivity contribution >= 4 is 27.5 Å². The van der Waals surface area contributed by atoms with Gasteiger partial charge in [0.05, 0.1) is 18.1 Å². The summed E-state index contributed by atoms with van der Waals surface area (Å²) in [5.41, 5.74) is 0.197. The first-order valence-electron chi connectivity index (χ1n) is 6.68. The van der Waals surface area contributed by atoms with Gasteiger partial charge < -0.3 is 5.32 Å². The maximum absolute atomic E-state index is 12.0. The lowest BCUT2D eigenvalue weighted by Crippen LogP contribution is -2.47. The molecule has 7 nitrogen and oxygen atoms in total. The second-order valence-electron chi connectivity index (χ2n) is 4.77. The molecule has 21 heavy (non-hydrogen) atoms. The van der Waals surface area contributed by atoms with Crippen LogP contribution in [0.4, 0.5) is 0 Å². The summed E-state index contributed by atoms with van der Waals surface area (Å²) in [6, 6.07) is -0.0571. The molecular formula is C12H17ClN4O3S. The van der Waals surface area contributed by atoms with Crippen LogP contribution in [-0.2, 0) is 10.0 Å². The molecule has 9 heteroatoms. The molecule has 0 aromatic carbocycles. The zero-order chi connectivity index (χ0) is 15.5. The molecule has 1 aliphatic rings. The first-order valence-corrected chi connectivity index (χ1v) is 8.67. The zero-order valence-corrected chi connectivity index (χ0v) is 13.2. The van der Waals surface area contributed by atoms with Gasteiger partial charge in [-0.1, -0.05) is 11.6 Å². The number of piperidine rings is 1. The summed E-state index contributed by atoms with van der Waals surface area (Å²) in [6.07, 6.45) is 3.80. The van der Waals surface area contributed by atoms with E-state index in [0.29, 0.717) is 25.9 Å². The third-order valence-electron chi connectivity index (χ3n) is 3.40. The van der Waals surface area contributed by atoms with Gasteiger partial charge >= 0.3 is 0 Å². The molecule has 1 saturated heterocycles. The lowest BCUT2D eigenvalue weighted by atomic mass is 10.1. The van der Waals surface area contributed by atoms with E-state index in [2.05, 4.69) is 15.3 Å². The van der Waals surface area contributed by atoms with Gasteiger partial charge in [-0.05, 0) is 19.8 Å². The van der Waals surface area contributed by atoms with Crippen LogP contribution in [-0.4, -0.2) is 53.5 Å². The summed E-state index contributed by atoms with van der Waals surface area (Å²) in [5.74, 6) is -0.222. The first kappa shape index (κ1) is 16.1. The van der Waals surface area contributed by atoms with Crippen molar-refractivity contribution in [3.63, 3.8) is 0 Å². The molecule has 1 fully saturated rings. The highest BCUT2D eigenvalue weighted by atomic mass is 35.5. The van der Waals surface area contributed by atoms with Crippen LogP contribution >= 0.6 is 11.6 Å². The molecule has 2 rings (SSSR count). The van der Waals surface area contributed by atoms with Gasteiger partial charge in [0.2, 0.25) is 10.0 Å². The molecule has 0 atom stereocenters. The Hall–Kier alpha value is -1.25. The number of nitrogens with one attached hydrogen (secondary N) is 1. The molecule has 0 spiro atoms. The van der Waals surface area contributed by atoms with E-state index in [1.807, 2.05) is 0 Å². The molecule has 1 aromatic heterocycles. The lowest BCUT2D eigenvalue weighted by molar-refractivity contribution is 0.0918. The minimum Gasteiger partial charge on any atom is -0.348 e. The average molecular weight is 333 g/mol. The topological polar surface area (TPSA) is 92.3 Å². The van der Waals surface area contributed by atoms with Gasteiger partial charge in [0.15, 0.2) is 0 Å². The molecule has 2 heterocycles. The van der Waals surface area contributed by atoms with E-state index in [-0.39, 0.29) is 28.5 Å². The maximum Gasteiger partial charge on any atom is 0.271 e. The SMILES string of the molecule is CCS(=O)(=O)N1CCC(NC(=O)c2cnc(Cl)cn2)CC1. The molecule has 0 saturated carbocycles. The Kier molecular flexibility index (Phi) is 5.13. The van der Waals surface area contributed by atoms with E-state index in [4.69, 9.17) is 11.6 Å². The zero-order valence-electron chi connectivity index (χ0n) is 11.6. The number of carbonyl (C=O) groups excluding carboxylic acids is 1. The van der Waals surface area contributed by atoms with Gasteiger partial charge in [-0.2, -0.15) is 0 Å². The van der Waals surface area contributed by atoms with E-state index in [1.165, 1.54) is 16.7 Å². The molecule has 0 radical (unpaired) electrons. The smallest absolute Gasteiger partial charge is 0.271 e. The van der Waals surface area contributed by atoms with Crippen molar-refractivity contribution in [2.75, 3.05) is 18.8 Å². The average Bonchev–Trinajstić information content (AvgIpc) is 2.48. The standard InChI is InChI=1S/C12H17ClN4O3S/c1-2-21(19,20)17-5-3-9(4-6-17)16-12(18)10-7-15-11(13)8-14-10/h7-9H,2-6H2,1H3,(H,16,18). The number of halogens is 1. The number of hydrogen-bond acceptors (Lipinski definition) is 5. The van der Waals surface area contributed by atoms with Gasteiger partial charge in [0, 0.05) is 19.1 Å². The van der Waals surface area contributed by atoms with Gasteiger partial charge in [-0.3, -0.25) is 4.79 Å². The van der Waals surface area contributed by atoms with Crippen LogP contribution in [0.25, 0.3) is 0 Å². The molecular weight excluding hydrogens is 316 g/mol. The second-order valence-corrected chi connectivity index (χ2v) is 7.42. The van der Waals surface area contributed by atoms with Crippen molar-refractivity contribution in [2.45, 2.75) is 25.8 Å². The lowest BCUT2D eigenvalue weighted by Gasteiger charge is -2.31. The molecule has 1 N–H and O–H groups in total. The predicted molar refractivity (Wildman–Crippen MR) is 78.6 cm³/mol. The Morgan fingerprint density at radius 3 is 2.57 bits per heavy atom. The van der Waals surface area contributed by atoms with Gasteiger partial charge in [0.25, 0.3) is 5.91 Å². The third kappa shape index (κ3) is 4.12. The van der Waals surface area contributed by atoms with Crippen molar-refractivity contribution in [1.29, 1.82) is 0 Å². The minimum atomic E-state index is -3.15. The van der Waals surface area contributed by atoms with Crippen molar-refractivity contribution in [1.82, 2.24) is 19.6 Å². The summed E-state index contributed by atoms with van der Waals surface area (Å²) in [4.78, 5) is 19.7. The molecule has 116 valence electrons. The van der Waals surface area contributed by atoms with Crippen molar-refractivity contribution < 1.29 is 13.2 Å². The van der Waals surface area contributed by atoms with Crippen molar-refractivity contribution in [3.05, 3.63) is 23.2 Å².